The molecule has 0 bridgehead atoms. The molecule has 124 valence electrons. The predicted octanol–water partition coefficient (Wildman–Crippen LogP) is 3.47. The summed E-state index contributed by atoms with van der Waals surface area (Å²) in [6.07, 6.45) is 4.88. The van der Waals surface area contributed by atoms with E-state index in [1.807, 2.05) is 18.2 Å². The van der Waals surface area contributed by atoms with Gasteiger partial charge in [-0.3, -0.25) is 0 Å². The standard InChI is InChI=1S/C18H30NO3/c1-4-5-6-10-14-21-16-19(2,3)13-15-22-18(20)17-11-8-7-9-12-17/h7-9,11-12H,4-6,10,13-16H2,1-3H3/q+1. The van der Waals surface area contributed by atoms with Crippen LogP contribution in [0.15, 0.2) is 30.3 Å². The van der Waals surface area contributed by atoms with Crippen molar-refractivity contribution in [1.29, 1.82) is 0 Å². The van der Waals surface area contributed by atoms with Crippen molar-refractivity contribution >= 4 is 5.97 Å². The number of ether oxygens (including phenoxy) is 2. The summed E-state index contributed by atoms with van der Waals surface area (Å²) in [5, 5.41) is 0. The number of benzene rings is 1. The Bertz CT molecular complexity index is 418. The second-order valence-corrected chi connectivity index (χ2v) is 6.26. The van der Waals surface area contributed by atoms with Crippen LogP contribution >= 0.6 is 0 Å². The molecule has 22 heavy (non-hydrogen) atoms. The van der Waals surface area contributed by atoms with Crippen molar-refractivity contribution in [1.82, 2.24) is 0 Å². The minimum atomic E-state index is -0.263. The lowest BCUT2D eigenvalue weighted by Gasteiger charge is -2.28. The van der Waals surface area contributed by atoms with Crippen molar-refractivity contribution in [2.75, 3.05) is 40.6 Å². The van der Waals surface area contributed by atoms with Crippen LogP contribution in [-0.4, -0.2) is 51.0 Å². The number of likely N-dealkylation sites (N-methyl/N-ethyl adjacent to an activating group) is 1. The van der Waals surface area contributed by atoms with E-state index >= 15 is 0 Å². The number of hydrogen-bond acceptors (Lipinski definition) is 3. The van der Waals surface area contributed by atoms with Crippen molar-refractivity contribution in [2.45, 2.75) is 32.6 Å². The quantitative estimate of drug-likeness (QED) is 0.272. The first-order valence-corrected chi connectivity index (χ1v) is 8.17. The Balaban J connectivity index is 2.15. The summed E-state index contributed by atoms with van der Waals surface area (Å²) in [5.41, 5.74) is 0.597. The van der Waals surface area contributed by atoms with Gasteiger partial charge in [0.1, 0.15) is 13.2 Å². The van der Waals surface area contributed by atoms with Gasteiger partial charge in [-0.2, -0.15) is 0 Å². The van der Waals surface area contributed by atoms with Crippen LogP contribution in [0.1, 0.15) is 43.0 Å². The number of hydrogen-bond donors (Lipinski definition) is 0. The molecule has 1 aromatic carbocycles. The molecule has 0 aliphatic heterocycles. The summed E-state index contributed by atoms with van der Waals surface area (Å²) in [6, 6.07) is 9.09. The molecule has 0 fully saturated rings. The first-order valence-electron chi connectivity index (χ1n) is 8.17. The van der Waals surface area contributed by atoms with E-state index in [4.69, 9.17) is 9.47 Å². The molecule has 1 rings (SSSR count). The molecule has 0 saturated carbocycles. The van der Waals surface area contributed by atoms with E-state index in [9.17, 15) is 4.79 Å². The highest BCUT2D eigenvalue weighted by molar-refractivity contribution is 5.89. The van der Waals surface area contributed by atoms with Crippen LogP contribution in [0.2, 0.25) is 0 Å². The van der Waals surface area contributed by atoms with Crippen molar-refractivity contribution in [2.24, 2.45) is 0 Å². The van der Waals surface area contributed by atoms with Crippen molar-refractivity contribution in [3.63, 3.8) is 0 Å². The molecule has 0 radical (unpaired) electrons. The fourth-order valence-corrected chi connectivity index (χ4v) is 2.05. The lowest BCUT2D eigenvalue weighted by atomic mass is 10.2. The molecule has 0 heterocycles. The van der Waals surface area contributed by atoms with Gasteiger partial charge in [-0.15, -0.1) is 0 Å². The second-order valence-electron chi connectivity index (χ2n) is 6.26. The van der Waals surface area contributed by atoms with E-state index in [1.54, 1.807) is 12.1 Å². The first kappa shape index (κ1) is 18.7. The topological polar surface area (TPSA) is 35.5 Å². The van der Waals surface area contributed by atoms with Gasteiger partial charge in [0.25, 0.3) is 0 Å². The zero-order valence-electron chi connectivity index (χ0n) is 14.2. The highest BCUT2D eigenvalue weighted by atomic mass is 16.5. The molecule has 0 N–H and O–H groups in total. The van der Waals surface area contributed by atoms with Gasteiger partial charge in [-0.05, 0) is 18.6 Å². The van der Waals surface area contributed by atoms with Gasteiger partial charge >= 0.3 is 5.97 Å². The average Bonchev–Trinajstić information content (AvgIpc) is 2.51. The van der Waals surface area contributed by atoms with Gasteiger partial charge < -0.3 is 14.0 Å². The third-order valence-corrected chi connectivity index (χ3v) is 3.52. The number of esters is 1. The van der Waals surface area contributed by atoms with Crippen molar-refractivity contribution in [3.8, 4) is 0 Å². The Morgan fingerprint density at radius 2 is 1.77 bits per heavy atom. The summed E-state index contributed by atoms with van der Waals surface area (Å²) < 4.78 is 11.7. The lowest BCUT2D eigenvalue weighted by molar-refractivity contribution is -0.909. The number of unbranched alkanes of at least 4 members (excludes halogenated alkanes) is 3. The lowest BCUT2D eigenvalue weighted by Crippen LogP contribution is -2.44. The van der Waals surface area contributed by atoms with Crippen LogP contribution in [0.3, 0.4) is 0 Å². The van der Waals surface area contributed by atoms with E-state index < -0.39 is 0 Å². The number of rotatable bonds is 11. The average molecular weight is 308 g/mol. The predicted molar refractivity (Wildman–Crippen MR) is 88.7 cm³/mol. The molecule has 0 unspecified atom stereocenters. The maximum Gasteiger partial charge on any atom is 0.338 e. The van der Waals surface area contributed by atoms with Crippen molar-refractivity contribution in [3.05, 3.63) is 35.9 Å². The summed E-state index contributed by atoms with van der Waals surface area (Å²) >= 11 is 0. The zero-order valence-corrected chi connectivity index (χ0v) is 14.2. The molecule has 0 aromatic heterocycles. The summed E-state index contributed by atoms with van der Waals surface area (Å²) in [4.78, 5) is 11.8. The molecule has 0 aliphatic rings. The third-order valence-electron chi connectivity index (χ3n) is 3.52. The Hall–Kier alpha value is -1.39. The minimum absolute atomic E-state index is 0.263. The Morgan fingerprint density at radius 1 is 1.05 bits per heavy atom. The number of carbonyl (C=O) groups is 1. The fourth-order valence-electron chi connectivity index (χ4n) is 2.05. The van der Waals surface area contributed by atoms with Gasteiger partial charge in [0, 0.05) is 0 Å². The maximum absolute atomic E-state index is 11.8. The molecular formula is C18H30NO3+. The van der Waals surface area contributed by atoms with Crippen LogP contribution in [0.25, 0.3) is 0 Å². The number of quaternary nitrogens is 1. The van der Waals surface area contributed by atoms with Crippen LogP contribution in [0.4, 0.5) is 0 Å². The van der Waals surface area contributed by atoms with Gasteiger partial charge in [-0.1, -0.05) is 44.4 Å². The van der Waals surface area contributed by atoms with Crippen molar-refractivity contribution < 1.29 is 18.8 Å². The number of nitrogens with zero attached hydrogens (tertiary/aromatic N) is 1. The molecule has 1 aromatic rings. The van der Waals surface area contributed by atoms with Crippen LogP contribution < -0.4 is 0 Å². The number of carbonyl (C=O) groups excluding carboxylic acids is 1. The molecule has 4 heteroatoms. The molecule has 0 atom stereocenters. The van der Waals surface area contributed by atoms with Crippen LogP contribution in [0, 0.1) is 0 Å². The minimum Gasteiger partial charge on any atom is -0.456 e. The fraction of sp³-hybridized carbons (Fsp3) is 0.611. The Kier molecular flexibility index (Phi) is 8.78. The normalized spacial score (nSPS) is 11.4. The Labute approximate surface area is 134 Å². The highest BCUT2D eigenvalue weighted by Crippen LogP contribution is 2.04. The molecule has 0 aliphatic carbocycles. The maximum atomic E-state index is 11.8. The largest absolute Gasteiger partial charge is 0.456 e. The van der Waals surface area contributed by atoms with Gasteiger partial charge in [0.2, 0.25) is 0 Å². The first-order chi connectivity index (χ1) is 10.5. The van der Waals surface area contributed by atoms with E-state index in [1.165, 1.54) is 19.3 Å². The summed E-state index contributed by atoms with van der Waals surface area (Å²) in [6.45, 7) is 4.81. The monoisotopic (exact) mass is 308 g/mol. The molecule has 4 nitrogen and oxygen atoms in total. The summed E-state index contributed by atoms with van der Waals surface area (Å²) in [7, 11) is 4.17. The van der Waals surface area contributed by atoms with Gasteiger partial charge in [0.05, 0.1) is 26.3 Å². The summed E-state index contributed by atoms with van der Waals surface area (Å²) in [5.74, 6) is -0.263. The van der Waals surface area contributed by atoms with E-state index in [0.29, 0.717) is 23.4 Å². The molecule has 0 spiro atoms. The molecular weight excluding hydrogens is 278 g/mol. The second kappa shape index (κ2) is 10.4. The van der Waals surface area contributed by atoms with Gasteiger partial charge in [0.15, 0.2) is 6.73 Å². The SMILES string of the molecule is CCCCCCOC[N+](C)(C)CCOC(=O)c1ccccc1. The third kappa shape index (κ3) is 8.15. The molecule has 0 amide bonds. The van der Waals surface area contributed by atoms with Gasteiger partial charge in [-0.25, -0.2) is 4.79 Å². The van der Waals surface area contributed by atoms with E-state index in [2.05, 4.69) is 21.0 Å². The van der Waals surface area contributed by atoms with E-state index in [0.717, 1.165) is 19.6 Å². The van der Waals surface area contributed by atoms with E-state index in [-0.39, 0.29) is 5.97 Å². The van der Waals surface area contributed by atoms with Crippen LogP contribution in [-0.2, 0) is 9.47 Å². The Morgan fingerprint density at radius 3 is 2.45 bits per heavy atom. The van der Waals surface area contributed by atoms with Crippen LogP contribution in [0.5, 0.6) is 0 Å². The zero-order chi connectivity index (χ0) is 16.3. The smallest absolute Gasteiger partial charge is 0.338 e. The molecule has 0 saturated heterocycles. The highest BCUT2D eigenvalue weighted by Gasteiger charge is 2.16.